The second-order valence-electron chi connectivity index (χ2n) is 8.83. The summed E-state index contributed by atoms with van der Waals surface area (Å²) in [5.74, 6) is -0.157. The third kappa shape index (κ3) is 3.95. The number of aromatic amines is 1. The van der Waals surface area contributed by atoms with Gasteiger partial charge in [-0.1, -0.05) is 35.9 Å². The predicted molar refractivity (Wildman–Crippen MR) is 138 cm³/mol. The van der Waals surface area contributed by atoms with Gasteiger partial charge in [0.15, 0.2) is 0 Å². The number of likely N-dealkylation sites (tertiary alicyclic amines) is 1. The zero-order valence-corrected chi connectivity index (χ0v) is 19.3. The maximum absolute atomic E-state index is 13.1. The van der Waals surface area contributed by atoms with Gasteiger partial charge in [-0.25, -0.2) is 4.98 Å². The molecule has 0 bridgehead atoms. The van der Waals surface area contributed by atoms with Crippen molar-refractivity contribution in [2.24, 2.45) is 0 Å². The molecule has 0 spiro atoms. The van der Waals surface area contributed by atoms with E-state index in [1.165, 1.54) is 31.5 Å². The highest BCUT2D eigenvalue weighted by Gasteiger charge is 2.29. The van der Waals surface area contributed by atoms with Gasteiger partial charge in [0.1, 0.15) is 0 Å². The summed E-state index contributed by atoms with van der Waals surface area (Å²) in [6.07, 6.45) is 4.24. The number of rotatable bonds is 5. The third-order valence-electron chi connectivity index (χ3n) is 6.51. The molecule has 1 aromatic heterocycles. The minimum Gasteiger partial charge on any atom is -0.354 e. The van der Waals surface area contributed by atoms with E-state index in [0.717, 1.165) is 45.8 Å². The van der Waals surface area contributed by atoms with Gasteiger partial charge in [0.25, 0.3) is 5.91 Å². The minimum absolute atomic E-state index is 0.157. The first-order valence-electron chi connectivity index (χ1n) is 11.5. The standard InChI is InChI=1S/C27H24ClN5O/c28-19-6-9-21-23(14-19)32-27(34)25(21)26(18-5-10-22-24(13-18)30-16-29-22)31-20-7-3-17(4-8-20)15-33-11-1-2-12-33/h3-10,13-14,16,31H,1-2,11-12,15H2,(H,29,30)(H,32,34). The average molecular weight is 470 g/mol. The van der Waals surface area contributed by atoms with Gasteiger partial charge in [-0.05, 0) is 67.9 Å². The van der Waals surface area contributed by atoms with E-state index < -0.39 is 0 Å². The number of carbonyl (C=O) groups excluding carboxylic acids is 1. The van der Waals surface area contributed by atoms with Crippen LogP contribution in [0.1, 0.15) is 29.5 Å². The fourth-order valence-electron chi connectivity index (χ4n) is 4.80. The van der Waals surface area contributed by atoms with Crippen LogP contribution in [0.5, 0.6) is 0 Å². The van der Waals surface area contributed by atoms with Crippen LogP contribution in [0.4, 0.5) is 11.4 Å². The molecular weight excluding hydrogens is 446 g/mol. The molecule has 1 fully saturated rings. The number of anilines is 2. The Morgan fingerprint density at radius 3 is 2.68 bits per heavy atom. The molecule has 3 N–H and O–H groups in total. The molecule has 3 heterocycles. The zero-order valence-electron chi connectivity index (χ0n) is 18.6. The predicted octanol–water partition coefficient (Wildman–Crippen LogP) is 5.74. The summed E-state index contributed by atoms with van der Waals surface area (Å²) < 4.78 is 0. The number of nitrogens with one attached hydrogen (secondary N) is 3. The van der Waals surface area contributed by atoms with E-state index in [-0.39, 0.29) is 5.91 Å². The third-order valence-corrected chi connectivity index (χ3v) is 6.75. The summed E-state index contributed by atoms with van der Waals surface area (Å²) in [4.78, 5) is 23.1. The number of carbonyl (C=O) groups is 1. The molecule has 4 aromatic rings. The van der Waals surface area contributed by atoms with Crippen molar-refractivity contribution in [2.45, 2.75) is 19.4 Å². The molecule has 6 rings (SSSR count). The molecule has 1 saturated heterocycles. The molecule has 1 amide bonds. The average Bonchev–Trinajstić information content (AvgIpc) is 3.58. The Balaban J connectivity index is 1.41. The first-order chi connectivity index (χ1) is 16.6. The van der Waals surface area contributed by atoms with Crippen LogP contribution >= 0.6 is 11.6 Å². The molecule has 0 aliphatic carbocycles. The van der Waals surface area contributed by atoms with Gasteiger partial charge < -0.3 is 15.6 Å². The van der Waals surface area contributed by atoms with Gasteiger partial charge in [-0.3, -0.25) is 9.69 Å². The van der Waals surface area contributed by atoms with Crippen LogP contribution in [0.15, 0.2) is 67.0 Å². The van der Waals surface area contributed by atoms with E-state index in [4.69, 9.17) is 11.6 Å². The van der Waals surface area contributed by atoms with Crippen LogP contribution in [0, 0.1) is 0 Å². The summed E-state index contributed by atoms with van der Waals surface area (Å²) in [7, 11) is 0. The van der Waals surface area contributed by atoms with Gasteiger partial charge in [-0.2, -0.15) is 0 Å². The molecule has 0 saturated carbocycles. The van der Waals surface area contributed by atoms with Crippen molar-refractivity contribution in [3.8, 4) is 0 Å². The zero-order chi connectivity index (χ0) is 23.1. The smallest absolute Gasteiger partial charge is 0.258 e. The molecule has 7 heteroatoms. The lowest BCUT2D eigenvalue weighted by Crippen LogP contribution is -2.18. The number of amides is 1. The fourth-order valence-corrected chi connectivity index (χ4v) is 4.97. The Hall–Kier alpha value is -3.61. The molecule has 3 aromatic carbocycles. The number of halogens is 1. The summed E-state index contributed by atoms with van der Waals surface area (Å²) >= 11 is 6.18. The number of fused-ring (bicyclic) bond motifs is 2. The summed E-state index contributed by atoms with van der Waals surface area (Å²) in [6, 6.07) is 19.9. The number of imidazole rings is 1. The second-order valence-corrected chi connectivity index (χ2v) is 9.27. The highest BCUT2D eigenvalue weighted by atomic mass is 35.5. The molecule has 2 aliphatic heterocycles. The van der Waals surface area contributed by atoms with Crippen molar-refractivity contribution in [1.82, 2.24) is 14.9 Å². The SMILES string of the molecule is O=C1Nc2cc(Cl)ccc2C1=C(Nc1ccc(CN2CCCC2)cc1)c1ccc2nc[nH]c2c1. The van der Waals surface area contributed by atoms with Gasteiger partial charge in [-0.15, -0.1) is 0 Å². The highest BCUT2D eigenvalue weighted by Crippen LogP contribution is 2.39. The molecule has 2 aliphatic rings. The van der Waals surface area contributed by atoms with Crippen molar-refractivity contribution >= 4 is 51.2 Å². The van der Waals surface area contributed by atoms with E-state index in [1.807, 2.05) is 30.3 Å². The molecule has 34 heavy (non-hydrogen) atoms. The van der Waals surface area contributed by atoms with Gasteiger partial charge >= 0.3 is 0 Å². The quantitative estimate of drug-likeness (QED) is 0.326. The van der Waals surface area contributed by atoms with Crippen LogP contribution in [-0.2, 0) is 11.3 Å². The minimum atomic E-state index is -0.157. The second kappa shape index (κ2) is 8.63. The summed E-state index contributed by atoms with van der Waals surface area (Å²) in [6.45, 7) is 3.32. The summed E-state index contributed by atoms with van der Waals surface area (Å²) in [5.41, 5.74) is 7.77. The molecule has 0 radical (unpaired) electrons. The van der Waals surface area contributed by atoms with E-state index in [1.54, 1.807) is 12.4 Å². The van der Waals surface area contributed by atoms with Crippen molar-refractivity contribution < 1.29 is 4.79 Å². The Kier molecular flexibility index (Phi) is 5.32. The number of aromatic nitrogens is 2. The molecular formula is C27H24ClN5O. The Bertz CT molecular complexity index is 1420. The number of hydrogen-bond donors (Lipinski definition) is 3. The number of benzene rings is 3. The maximum atomic E-state index is 13.1. The van der Waals surface area contributed by atoms with Gasteiger partial charge in [0, 0.05) is 28.4 Å². The van der Waals surface area contributed by atoms with Crippen LogP contribution in [0.3, 0.4) is 0 Å². The lowest BCUT2D eigenvalue weighted by molar-refractivity contribution is -0.110. The molecule has 0 unspecified atom stereocenters. The van der Waals surface area contributed by atoms with E-state index in [0.29, 0.717) is 10.6 Å². The van der Waals surface area contributed by atoms with Crippen LogP contribution in [0.2, 0.25) is 5.02 Å². The lowest BCUT2D eigenvalue weighted by Gasteiger charge is -2.17. The molecule has 0 atom stereocenters. The normalized spacial score (nSPS) is 17.1. The number of H-pyrrole nitrogens is 1. The number of hydrogen-bond acceptors (Lipinski definition) is 4. The largest absolute Gasteiger partial charge is 0.354 e. The van der Waals surface area contributed by atoms with Gasteiger partial charge in [0.2, 0.25) is 0 Å². The van der Waals surface area contributed by atoms with Crippen molar-refractivity contribution in [1.29, 1.82) is 0 Å². The monoisotopic (exact) mass is 469 g/mol. The first-order valence-corrected chi connectivity index (χ1v) is 11.9. The van der Waals surface area contributed by atoms with E-state index >= 15 is 0 Å². The molecule has 170 valence electrons. The Morgan fingerprint density at radius 2 is 1.85 bits per heavy atom. The Morgan fingerprint density at radius 1 is 1.03 bits per heavy atom. The first kappa shape index (κ1) is 21.0. The number of nitrogens with zero attached hydrogens (tertiary/aromatic N) is 2. The van der Waals surface area contributed by atoms with Crippen LogP contribution < -0.4 is 10.6 Å². The van der Waals surface area contributed by atoms with Crippen molar-refractivity contribution in [3.05, 3.63) is 88.7 Å². The highest BCUT2D eigenvalue weighted by molar-refractivity contribution is 6.38. The fraction of sp³-hybridized carbons (Fsp3) is 0.185. The maximum Gasteiger partial charge on any atom is 0.258 e. The molecule has 6 nitrogen and oxygen atoms in total. The van der Waals surface area contributed by atoms with Crippen molar-refractivity contribution in [3.63, 3.8) is 0 Å². The Labute approximate surface area is 202 Å². The van der Waals surface area contributed by atoms with Crippen LogP contribution in [0.25, 0.3) is 22.3 Å². The van der Waals surface area contributed by atoms with Crippen molar-refractivity contribution in [2.75, 3.05) is 23.7 Å². The van der Waals surface area contributed by atoms with E-state index in [2.05, 4.69) is 49.8 Å². The van der Waals surface area contributed by atoms with Gasteiger partial charge in [0.05, 0.1) is 34.3 Å². The van der Waals surface area contributed by atoms with E-state index in [9.17, 15) is 4.79 Å². The van der Waals surface area contributed by atoms with Crippen LogP contribution in [-0.4, -0.2) is 33.9 Å². The topological polar surface area (TPSA) is 73.1 Å². The summed E-state index contributed by atoms with van der Waals surface area (Å²) in [5, 5.41) is 7.08. The lowest BCUT2D eigenvalue weighted by atomic mass is 9.99.